The molecule has 4 aromatic rings. The number of aryl methyl sites for hydroxylation is 1. The number of aldehydes is 1. The highest BCUT2D eigenvalue weighted by Crippen LogP contribution is 2.27. The molecule has 0 fully saturated rings. The molecule has 0 atom stereocenters. The Labute approximate surface area is 193 Å². The lowest BCUT2D eigenvalue weighted by Crippen LogP contribution is -2.23. The summed E-state index contributed by atoms with van der Waals surface area (Å²) < 4.78 is 1.98. The topological polar surface area (TPSA) is 38.1 Å². The number of hydrogen-bond acceptors (Lipinski definition) is 3. The van der Waals surface area contributed by atoms with Gasteiger partial charge in [-0.05, 0) is 41.8 Å². The number of halogens is 1. The molecule has 0 amide bonds. The Morgan fingerprint density at radius 2 is 1.56 bits per heavy atom. The number of benzene rings is 3. The first-order valence-electron chi connectivity index (χ1n) is 10.4. The van der Waals surface area contributed by atoms with Crippen LogP contribution in [0.5, 0.6) is 0 Å². The molecular weight excluding hydrogens is 418 g/mol. The fourth-order valence-electron chi connectivity index (χ4n) is 3.62. The largest absolute Gasteiger partial charge is 0.319 e. The number of anilines is 1. The van der Waals surface area contributed by atoms with E-state index in [1.807, 2.05) is 72.1 Å². The molecule has 0 saturated carbocycles. The smallest absolute Gasteiger partial charge is 0.210 e. The molecule has 0 radical (unpaired) electrons. The molecule has 0 bridgehead atoms. The van der Waals surface area contributed by atoms with E-state index < -0.39 is 0 Å². The Hall–Kier alpha value is -3.63. The highest BCUT2D eigenvalue weighted by atomic mass is 35.5. The van der Waals surface area contributed by atoms with Crippen molar-refractivity contribution in [2.24, 2.45) is 7.05 Å². The predicted octanol–water partition coefficient (Wildman–Crippen LogP) is 6.52. The van der Waals surface area contributed by atoms with Gasteiger partial charge in [0.05, 0.1) is 12.2 Å². The predicted molar refractivity (Wildman–Crippen MR) is 132 cm³/mol. The first kappa shape index (κ1) is 21.6. The number of imidazole rings is 1. The lowest BCUT2D eigenvalue weighted by molar-refractivity contribution is -0.104. The SMILES string of the molecule is C/C(=C/C=O)N(Cc1ccc(-c2ccccc2)cc1)c1nc(-c2ccc(Cl)cc2)cn1C. The minimum absolute atomic E-state index is 0.593. The quantitative estimate of drug-likeness (QED) is 0.242. The van der Waals surface area contributed by atoms with E-state index in [4.69, 9.17) is 16.6 Å². The van der Waals surface area contributed by atoms with Gasteiger partial charge in [-0.3, -0.25) is 4.79 Å². The van der Waals surface area contributed by atoms with Gasteiger partial charge in [-0.25, -0.2) is 4.98 Å². The molecule has 1 heterocycles. The van der Waals surface area contributed by atoms with Gasteiger partial charge >= 0.3 is 0 Å². The lowest BCUT2D eigenvalue weighted by Gasteiger charge is -2.24. The van der Waals surface area contributed by atoms with Gasteiger partial charge in [0.15, 0.2) is 0 Å². The van der Waals surface area contributed by atoms with E-state index in [1.165, 1.54) is 11.1 Å². The molecule has 0 aliphatic heterocycles. The summed E-state index contributed by atoms with van der Waals surface area (Å²) >= 11 is 6.03. The summed E-state index contributed by atoms with van der Waals surface area (Å²) in [6, 6.07) is 26.4. The Bertz CT molecular complexity index is 1230. The summed E-state index contributed by atoms with van der Waals surface area (Å²) in [4.78, 5) is 18.1. The number of carbonyl (C=O) groups excluding carboxylic acids is 1. The zero-order valence-electron chi connectivity index (χ0n) is 18.1. The molecule has 4 rings (SSSR count). The number of allylic oxidation sites excluding steroid dienone is 2. The maximum absolute atomic E-state index is 11.2. The number of hydrogen-bond donors (Lipinski definition) is 0. The van der Waals surface area contributed by atoms with Gasteiger partial charge in [-0.2, -0.15) is 0 Å². The van der Waals surface area contributed by atoms with Gasteiger partial charge < -0.3 is 9.47 Å². The van der Waals surface area contributed by atoms with Crippen molar-refractivity contribution in [1.82, 2.24) is 9.55 Å². The summed E-state index contributed by atoms with van der Waals surface area (Å²) in [6.45, 7) is 2.51. The third-order valence-corrected chi connectivity index (χ3v) is 5.62. The molecule has 32 heavy (non-hydrogen) atoms. The lowest BCUT2D eigenvalue weighted by atomic mass is 10.0. The van der Waals surface area contributed by atoms with Gasteiger partial charge in [-0.1, -0.05) is 78.3 Å². The molecule has 5 heteroatoms. The molecule has 0 aliphatic carbocycles. The van der Waals surface area contributed by atoms with E-state index in [-0.39, 0.29) is 0 Å². The average Bonchev–Trinajstić information content (AvgIpc) is 3.20. The summed E-state index contributed by atoms with van der Waals surface area (Å²) in [5.41, 5.74) is 6.14. The van der Waals surface area contributed by atoms with E-state index in [1.54, 1.807) is 6.08 Å². The highest BCUT2D eigenvalue weighted by Gasteiger charge is 2.17. The third-order valence-electron chi connectivity index (χ3n) is 5.37. The Morgan fingerprint density at radius 1 is 0.938 bits per heavy atom. The number of aromatic nitrogens is 2. The maximum Gasteiger partial charge on any atom is 0.210 e. The van der Waals surface area contributed by atoms with Crippen molar-refractivity contribution >= 4 is 23.8 Å². The maximum atomic E-state index is 11.2. The van der Waals surface area contributed by atoms with Crippen LogP contribution in [0.1, 0.15) is 12.5 Å². The molecule has 4 nitrogen and oxygen atoms in total. The van der Waals surface area contributed by atoms with E-state index in [0.717, 1.165) is 34.8 Å². The van der Waals surface area contributed by atoms with Crippen molar-refractivity contribution in [3.8, 4) is 22.4 Å². The minimum atomic E-state index is 0.593. The number of rotatable bonds is 7. The molecule has 0 N–H and O–H groups in total. The van der Waals surface area contributed by atoms with Crippen molar-refractivity contribution in [2.45, 2.75) is 13.5 Å². The van der Waals surface area contributed by atoms with Crippen LogP contribution in [-0.4, -0.2) is 15.8 Å². The molecule has 3 aromatic carbocycles. The number of nitrogens with zero attached hydrogens (tertiary/aromatic N) is 3. The second-order valence-electron chi connectivity index (χ2n) is 7.64. The molecule has 0 aliphatic rings. The van der Waals surface area contributed by atoms with Crippen LogP contribution < -0.4 is 4.90 Å². The molecule has 0 saturated heterocycles. The van der Waals surface area contributed by atoms with Crippen molar-refractivity contribution in [3.05, 3.63) is 107 Å². The fraction of sp³-hybridized carbons (Fsp3) is 0.111. The second kappa shape index (κ2) is 9.67. The zero-order chi connectivity index (χ0) is 22.5. The van der Waals surface area contributed by atoms with Crippen molar-refractivity contribution in [2.75, 3.05) is 4.90 Å². The van der Waals surface area contributed by atoms with E-state index in [9.17, 15) is 4.79 Å². The van der Waals surface area contributed by atoms with Crippen LogP contribution in [0, 0.1) is 0 Å². The summed E-state index contributed by atoms with van der Waals surface area (Å²) in [7, 11) is 1.96. The normalized spacial score (nSPS) is 11.4. The van der Waals surface area contributed by atoms with E-state index in [0.29, 0.717) is 11.6 Å². The Balaban J connectivity index is 1.64. The summed E-state index contributed by atoms with van der Waals surface area (Å²) in [5.74, 6) is 0.762. The van der Waals surface area contributed by atoms with Crippen molar-refractivity contribution < 1.29 is 4.79 Å². The van der Waals surface area contributed by atoms with E-state index >= 15 is 0 Å². The Morgan fingerprint density at radius 3 is 2.22 bits per heavy atom. The van der Waals surface area contributed by atoms with Gasteiger partial charge in [0.25, 0.3) is 0 Å². The standard InChI is InChI=1S/C27H24ClN3O/c1-20(16-17-32)31(18-21-8-10-23(11-9-21)22-6-4-3-5-7-22)27-29-26(19-30(27)2)24-12-14-25(28)15-13-24/h3-17,19H,18H2,1-2H3/b20-16-. The third kappa shape index (κ3) is 4.82. The second-order valence-corrected chi connectivity index (χ2v) is 8.07. The molecule has 1 aromatic heterocycles. The van der Waals surface area contributed by atoms with Gasteiger partial charge in [0.2, 0.25) is 5.95 Å². The first-order valence-corrected chi connectivity index (χ1v) is 10.8. The van der Waals surface area contributed by atoms with Crippen LogP contribution in [-0.2, 0) is 18.4 Å². The molecule has 0 spiro atoms. The molecular formula is C27H24ClN3O. The zero-order valence-corrected chi connectivity index (χ0v) is 18.8. The van der Waals surface area contributed by atoms with Gasteiger partial charge in [0.1, 0.15) is 6.29 Å². The minimum Gasteiger partial charge on any atom is -0.319 e. The monoisotopic (exact) mass is 441 g/mol. The van der Waals surface area contributed by atoms with E-state index in [2.05, 4.69) is 36.4 Å². The van der Waals surface area contributed by atoms with Crippen molar-refractivity contribution in [1.29, 1.82) is 0 Å². The molecule has 0 unspecified atom stereocenters. The average molecular weight is 442 g/mol. The van der Waals surface area contributed by atoms with Crippen LogP contribution in [0.25, 0.3) is 22.4 Å². The van der Waals surface area contributed by atoms with Crippen LogP contribution >= 0.6 is 11.6 Å². The fourth-order valence-corrected chi connectivity index (χ4v) is 3.75. The van der Waals surface area contributed by atoms with Crippen LogP contribution in [0.2, 0.25) is 5.02 Å². The first-order chi connectivity index (χ1) is 15.5. The van der Waals surface area contributed by atoms with Crippen LogP contribution in [0.15, 0.2) is 96.8 Å². The van der Waals surface area contributed by atoms with Crippen LogP contribution in [0.3, 0.4) is 0 Å². The Kier molecular flexibility index (Phi) is 6.52. The summed E-state index contributed by atoms with van der Waals surface area (Å²) in [5, 5.41) is 0.690. The van der Waals surface area contributed by atoms with Crippen molar-refractivity contribution in [3.63, 3.8) is 0 Å². The summed E-state index contributed by atoms with van der Waals surface area (Å²) in [6.07, 6.45) is 4.36. The molecule has 160 valence electrons. The number of carbonyl (C=O) groups is 1. The highest BCUT2D eigenvalue weighted by molar-refractivity contribution is 6.30. The van der Waals surface area contributed by atoms with Crippen LogP contribution in [0.4, 0.5) is 5.95 Å². The van der Waals surface area contributed by atoms with Gasteiger partial charge in [0, 0.05) is 29.5 Å². The van der Waals surface area contributed by atoms with Gasteiger partial charge in [-0.15, -0.1) is 0 Å².